The number of halogens is 1. The molecule has 0 amide bonds. The SMILES string of the molecule is COP(=O)(OC)Sc1ccc(Cl)cc1. The summed E-state index contributed by atoms with van der Waals surface area (Å²) in [7, 11) is 2.71. The number of rotatable bonds is 4. The molecule has 1 aromatic carbocycles. The van der Waals surface area contributed by atoms with E-state index < -0.39 is 6.80 Å². The third-order valence-electron chi connectivity index (χ3n) is 1.48. The van der Waals surface area contributed by atoms with Gasteiger partial charge in [0.25, 0.3) is 0 Å². The van der Waals surface area contributed by atoms with Crippen molar-refractivity contribution < 1.29 is 13.6 Å². The molecule has 0 aliphatic carbocycles. The van der Waals surface area contributed by atoms with Crippen LogP contribution in [0.3, 0.4) is 0 Å². The summed E-state index contributed by atoms with van der Waals surface area (Å²) < 4.78 is 21.3. The van der Waals surface area contributed by atoms with Gasteiger partial charge in [0, 0.05) is 24.1 Å². The standard InChI is InChI=1S/C8H10ClO3PS/c1-11-13(10,12-2)14-8-5-3-7(9)4-6-8/h3-6H,1-2H3. The van der Waals surface area contributed by atoms with Gasteiger partial charge in [-0.3, -0.25) is 0 Å². The highest BCUT2D eigenvalue weighted by molar-refractivity contribution is 8.55. The molecule has 0 atom stereocenters. The molecule has 0 bridgehead atoms. The Labute approximate surface area is 92.0 Å². The van der Waals surface area contributed by atoms with Crippen LogP contribution in [0.2, 0.25) is 5.02 Å². The number of hydrogen-bond donors (Lipinski definition) is 0. The van der Waals surface area contributed by atoms with Crippen LogP contribution in [0.15, 0.2) is 29.2 Å². The van der Waals surface area contributed by atoms with Crippen LogP contribution < -0.4 is 0 Å². The lowest BCUT2D eigenvalue weighted by molar-refractivity contribution is 0.295. The summed E-state index contributed by atoms with van der Waals surface area (Å²) in [6, 6.07) is 6.97. The molecule has 0 unspecified atom stereocenters. The summed E-state index contributed by atoms with van der Waals surface area (Å²) in [5.41, 5.74) is 0. The van der Waals surface area contributed by atoms with E-state index in [4.69, 9.17) is 20.6 Å². The Bertz CT molecular complexity index is 333. The van der Waals surface area contributed by atoms with E-state index in [1.807, 2.05) is 0 Å². The lowest BCUT2D eigenvalue weighted by atomic mass is 10.4. The van der Waals surface area contributed by atoms with E-state index in [0.29, 0.717) is 5.02 Å². The van der Waals surface area contributed by atoms with Crippen LogP contribution in [-0.2, 0) is 13.6 Å². The molecular formula is C8H10ClO3PS. The molecule has 78 valence electrons. The summed E-state index contributed by atoms with van der Waals surface area (Å²) >= 11 is 6.76. The molecule has 3 nitrogen and oxygen atoms in total. The average Bonchev–Trinajstić information content (AvgIpc) is 2.21. The number of benzene rings is 1. The maximum Gasteiger partial charge on any atom is 0.393 e. The highest BCUT2D eigenvalue weighted by Crippen LogP contribution is 2.62. The van der Waals surface area contributed by atoms with Crippen LogP contribution >= 0.6 is 29.8 Å². The van der Waals surface area contributed by atoms with Crippen molar-refractivity contribution in [3.05, 3.63) is 29.3 Å². The van der Waals surface area contributed by atoms with Crippen LogP contribution in [0.1, 0.15) is 0 Å². The van der Waals surface area contributed by atoms with E-state index in [1.165, 1.54) is 14.2 Å². The van der Waals surface area contributed by atoms with E-state index in [9.17, 15) is 4.57 Å². The van der Waals surface area contributed by atoms with Gasteiger partial charge in [-0.2, -0.15) is 0 Å². The highest BCUT2D eigenvalue weighted by Gasteiger charge is 2.22. The molecule has 0 aromatic heterocycles. The van der Waals surface area contributed by atoms with Gasteiger partial charge in [-0.25, -0.2) is 4.57 Å². The molecule has 0 aliphatic heterocycles. The van der Waals surface area contributed by atoms with Crippen molar-refractivity contribution in [2.24, 2.45) is 0 Å². The molecule has 14 heavy (non-hydrogen) atoms. The minimum Gasteiger partial charge on any atom is -0.304 e. The average molecular weight is 253 g/mol. The van der Waals surface area contributed by atoms with E-state index in [1.54, 1.807) is 24.3 Å². The van der Waals surface area contributed by atoms with Gasteiger partial charge in [0.2, 0.25) is 0 Å². The van der Waals surface area contributed by atoms with Crippen molar-refractivity contribution in [2.45, 2.75) is 4.90 Å². The maximum absolute atomic E-state index is 11.7. The molecule has 6 heteroatoms. The molecule has 1 rings (SSSR count). The van der Waals surface area contributed by atoms with Gasteiger partial charge in [-0.1, -0.05) is 11.6 Å². The summed E-state index contributed by atoms with van der Waals surface area (Å²) in [4.78, 5) is 0.793. The molecular weight excluding hydrogens is 243 g/mol. The zero-order valence-electron chi connectivity index (χ0n) is 7.77. The first-order valence-electron chi connectivity index (χ1n) is 3.76. The van der Waals surface area contributed by atoms with Crippen molar-refractivity contribution >= 4 is 29.8 Å². The molecule has 0 saturated carbocycles. The Kier molecular flexibility index (Phi) is 4.48. The molecule has 0 N–H and O–H groups in total. The van der Waals surface area contributed by atoms with Crippen LogP contribution in [-0.4, -0.2) is 14.2 Å². The van der Waals surface area contributed by atoms with E-state index >= 15 is 0 Å². The molecule has 1 aromatic rings. The zero-order valence-corrected chi connectivity index (χ0v) is 10.2. The first-order valence-corrected chi connectivity index (χ1v) is 7.10. The van der Waals surface area contributed by atoms with E-state index in [-0.39, 0.29) is 0 Å². The quantitative estimate of drug-likeness (QED) is 0.763. The second-order valence-electron chi connectivity index (χ2n) is 2.36. The largest absolute Gasteiger partial charge is 0.393 e. The lowest BCUT2D eigenvalue weighted by Crippen LogP contribution is -1.83. The molecule has 0 fully saturated rings. The predicted octanol–water partition coefficient (Wildman–Crippen LogP) is 3.83. The smallest absolute Gasteiger partial charge is 0.304 e. The Morgan fingerprint density at radius 1 is 1.21 bits per heavy atom. The first kappa shape index (κ1) is 12.1. The molecule has 0 heterocycles. The third-order valence-corrected chi connectivity index (χ3v) is 5.53. The van der Waals surface area contributed by atoms with Gasteiger partial charge in [-0.05, 0) is 35.6 Å². The van der Waals surface area contributed by atoms with Crippen molar-refractivity contribution in [3.8, 4) is 0 Å². The fraction of sp³-hybridized carbons (Fsp3) is 0.250. The fourth-order valence-electron chi connectivity index (χ4n) is 0.774. The van der Waals surface area contributed by atoms with Crippen molar-refractivity contribution in [1.82, 2.24) is 0 Å². The van der Waals surface area contributed by atoms with Crippen molar-refractivity contribution in [2.75, 3.05) is 14.2 Å². The summed E-state index contributed by atoms with van der Waals surface area (Å²) in [6.07, 6.45) is 0. The van der Waals surface area contributed by atoms with Gasteiger partial charge in [-0.15, -0.1) is 0 Å². The second kappa shape index (κ2) is 5.19. The predicted molar refractivity (Wildman–Crippen MR) is 58.9 cm³/mol. The Balaban J connectivity index is 2.78. The van der Waals surface area contributed by atoms with E-state index in [0.717, 1.165) is 16.3 Å². The normalized spacial score (nSPS) is 11.6. The third kappa shape index (κ3) is 3.30. The minimum atomic E-state index is -3.04. The van der Waals surface area contributed by atoms with Gasteiger partial charge >= 0.3 is 6.80 Å². The Morgan fingerprint density at radius 2 is 1.71 bits per heavy atom. The Hall–Kier alpha value is 0.01000. The minimum absolute atomic E-state index is 0.638. The van der Waals surface area contributed by atoms with Gasteiger partial charge in [0.05, 0.1) is 0 Å². The zero-order chi connectivity index (χ0) is 10.6. The fourth-order valence-corrected chi connectivity index (χ4v) is 3.30. The summed E-state index contributed by atoms with van der Waals surface area (Å²) in [5, 5.41) is 0.638. The van der Waals surface area contributed by atoms with Crippen molar-refractivity contribution in [3.63, 3.8) is 0 Å². The highest BCUT2D eigenvalue weighted by atomic mass is 35.5. The lowest BCUT2D eigenvalue weighted by Gasteiger charge is -2.11. The topological polar surface area (TPSA) is 35.5 Å². The van der Waals surface area contributed by atoms with Crippen LogP contribution in [0.25, 0.3) is 0 Å². The van der Waals surface area contributed by atoms with Crippen LogP contribution in [0, 0.1) is 0 Å². The Morgan fingerprint density at radius 3 is 2.14 bits per heavy atom. The summed E-state index contributed by atoms with van der Waals surface area (Å²) in [6.45, 7) is -3.04. The summed E-state index contributed by atoms with van der Waals surface area (Å²) in [5.74, 6) is 0. The van der Waals surface area contributed by atoms with Crippen LogP contribution in [0.5, 0.6) is 0 Å². The maximum atomic E-state index is 11.7. The van der Waals surface area contributed by atoms with E-state index in [2.05, 4.69) is 0 Å². The second-order valence-corrected chi connectivity index (χ2v) is 6.96. The van der Waals surface area contributed by atoms with Gasteiger partial charge in [0.1, 0.15) is 0 Å². The molecule has 0 radical (unpaired) electrons. The molecule has 0 saturated heterocycles. The van der Waals surface area contributed by atoms with Gasteiger partial charge in [0.15, 0.2) is 0 Å². The van der Waals surface area contributed by atoms with Crippen molar-refractivity contribution in [1.29, 1.82) is 0 Å². The molecule has 0 aliphatic rings. The first-order chi connectivity index (χ1) is 6.59. The monoisotopic (exact) mass is 252 g/mol. The van der Waals surface area contributed by atoms with Gasteiger partial charge < -0.3 is 9.05 Å². The molecule has 0 spiro atoms. The van der Waals surface area contributed by atoms with Crippen LogP contribution in [0.4, 0.5) is 0 Å². The number of hydrogen-bond acceptors (Lipinski definition) is 4.